The number of benzene rings is 2. The maximum atomic E-state index is 12.0. The summed E-state index contributed by atoms with van der Waals surface area (Å²) in [5, 5.41) is 7.50. The monoisotopic (exact) mass is 376 g/mol. The number of ether oxygens (including phenoxy) is 1. The number of anilines is 1. The van der Waals surface area contributed by atoms with Crippen LogP contribution in [0.25, 0.3) is 0 Å². The SMILES string of the molecule is CC(C)c1ccc(C(=O)OCC(=O)Nc2ccc(S(N)(=O)=O)cc2)cc1. The number of primary sulfonamides is 1. The summed E-state index contributed by atoms with van der Waals surface area (Å²) in [6.45, 7) is 3.64. The summed E-state index contributed by atoms with van der Waals surface area (Å²) in [6.07, 6.45) is 0. The zero-order valence-corrected chi connectivity index (χ0v) is 15.2. The highest BCUT2D eigenvalue weighted by atomic mass is 32.2. The van der Waals surface area contributed by atoms with E-state index in [2.05, 4.69) is 5.32 Å². The van der Waals surface area contributed by atoms with Gasteiger partial charge in [0, 0.05) is 5.69 Å². The van der Waals surface area contributed by atoms with E-state index in [1.807, 2.05) is 26.0 Å². The molecule has 0 fully saturated rings. The topological polar surface area (TPSA) is 116 Å². The number of hydrogen-bond donors (Lipinski definition) is 2. The highest BCUT2D eigenvalue weighted by Gasteiger charge is 2.12. The van der Waals surface area contributed by atoms with E-state index in [-0.39, 0.29) is 4.90 Å². The normalized spacial score (nSPS) is 11.2. The fourth-order valence-corrected chi connectivity index (χ4v) is 2.66. The third kappa shape index (κ3) is 5.40. The molecule has 1 amide bonds. The third-order valence-electron chi connectivity index (χ3n) is 3.61. The predicted octanol–water partition coefficient (Wildman–Crippen LogP) is 2.25. The molecule has 0 saturated heterocycles. The lowest BCUT2D eigenvalue weighted by molar-refractivity contribution is -0.119. The van der Waals surface area contributed by atoms with Crippen molar-refractivity contribution in [1.82, 2.24) is 0 Å². The Balaban J connectivity index is 1.89. The van der Waals surface area contributed by atoms with Crippen LogP contribution < -0.4 is 10.5 Å². The van der Waals surface area contributed by atoms with Crippen LogP contribution in [0.15, 0.2) is 53.4 Å². The predicted molar refractivity (Wildman–Crippen MR) is 97.3 cm³/mol. The molecule has 0 unspecified atom stereocenters. The van der Waals surface area contributed by atoms with Crippen molar-refractivity contribution in [3.05, 3.63) is 59.7 Å². The average Bonchev–Trinajstić information content (AvgIpc) is 2.59. The standard InChI is InChI=1S/C18H20N2O5S/c1-12(2)13-3-5-14(6-4-13)18(22)25-11-17(21)20-15-7-9-16(10-8-15)26(19,23)24/h3-10,12H,11H2,1-2H3,(H,20,21)(H2,19,23,24). The first-order valence-electron chi connectivity index (χ1n) is 7.86. The first kappa shape index (κ1) is 19.6. The van der Waals surface area contributed by atoms with Gasteiger partial charge >= 0.3 is 5.97 Å². The van der Waals surface area contributed by atoms with Gasteiger partial charge in [0.15, 0.2) is 6.61 Å². The van der Waals surface area contributed by atoms with Gasteiger partial charge in [-0.15, -0.1) is 0 Å². The van der Waals surface area contributed by atoms with E-state index in [0.717, 1.165) is 5.56 Å². The van der Waals surface area contributed by atoms with Gasteiger partial charge in [-0.1, -0.05) is 26.0 Å². The first-order valence-corrected chi connectivity index (χ1v) is 9.41. The average molecular weight is 376 g/mol. The van der Waals surface area contributed by atoms with Crippen LogP contribution in [0.1, 0.15) is 35.7 Å². The van der Waals surface area contributed by atoms with Crippen molar-refractivity contribution in [3.63, 3.8) is 0 Å². The summed E-state index contributed by atoms with van der Waals surface area (Å²) < 4.78 is 27.3. The van der Waals surface area contributed by atoms with Crippen LogP contribution in [-0.4, -0.2) is 26.9 Å². The second-order valence-corrected chi connectivity index (χ2v) is 7.53. The lowest BCUT2D eigenvalue weighted by atomic mass is 10.0. The zero-order valence-electron chi connectivity index (χ0n) is 14.4. The fraction of sp³-hybridized carbons (Fsp3) is 0.222. The van der Waals surface area contributed by atoms with Crippen molar-refractivity contribution in [2.24, 2.45) is 5.14 Å². The van der Waals surface area contributed by atoms with Crippen LogP contribution in [0, 0.1) is 0 Å². The van der Waals surface area contributed by atoms with E-state index >= 15 is 0 Å². The fourth-order valence-electron chi connectivity index (χ4n) is 2.14. The Hall–Kier alpha value is -2.71. The van der Waals surface area contributed by atoms with Crippen LogP contribution in [0.5, 0.6) is 0 Å². The van der Waals surface area contributed by atoms with E-state index in [4.69, 9.17) is 9.88 Å². The molecule has 0 aliphatic heterocycles. The van der Waals surface area contributed by atoms with Crippen molar-refractivity contribution in [2.45, 2.75) is 24.7 Å². The smallest absolute Gasteiger partial charge is 0.338 e. The molecule has 26 heavy (non-hydrogen) atoms. The van der Waals surface area contributed by atoms with Crippen LogP contribution in [0.3, 0.4) is 0 Å². The van der Waals surface area contributed by atoms with Gasteiger partial charge in [-0.2, -0.15) is 0 Å². The quantitative estimate of drug-likeness (QED) is 0.750. The summed E-state index contributed by atoms with van der Waals surface area (Å²) in [4.78, 5) is 23.7. The second-order valence-electron chi connectivity index (χ2n) is 5.97. The molecule has 0 spiro atoms. The highest BCUT2D eigenvalue weighted by Crippen LogP contribution is 2.15. The number of nitrogens with two attached hydrogens (primary N) is 1. The lowest BCUT2D eigenvalue weighted by Gasteiger charge is -2.08. The molecular weight excluding hydrogens is 356 g/mol. The lowest BCUT2D eigenvalue weighted by Crippen LogP contribution is -2.21. The molecule has 0 heterocycles. The molecule has 2 rings (SSSR count). The van der Waals surface area contributed by atoms with Gasteiger partial charge in [0.2, 0.25) is 10.0 Å². The Morgan fingerprint density at radius 3 is 2.12 bits per heavy atom. The summed E-state index contributed by atoms with van der Waals surface area (Å²) in [5.41, 5.74) is 1.82. The van der Waals surface area contributed by atoms with E-state index < -0.39 is 28.5 Å². The molecule has 0 saturated carbocycles. The number of amides is 1. The maximum absolute atomic E-state index is 12.0. The number of hydrogen-bond acceptors (Lipinski definition) is 5. The molecule has 2 aromatic rings. The number of sulfonamides is 1. The minimum Gasteiger partial charge on any atom is -0.452 e. The Bertz CT molecular complexity index is 888. The summed E-state index contributed by atoms with van der Waals surface area (Å²) in [5.74, 6) is -0.785. The highest BCUT2D eigenvalue weighted by molar-refractivity contribution is 7.89. The summed E-state index contributed by atoms with van der Waals surface area (Å²) in [6, 6.07) is 12.3. The molecule has 138 valence electrons. The molecule has 2 aromatic carbocycles. The largest absolute Gasteiger partial charge is 0.452 e. The van der Waals surface area contributed by atoms with Crippen LogP contribution in [0.4, 0.5) is 5.69 Å². The van der Waals surface area contributed by atoms with Crippen LogP contribution >= 0.6 is 0 Å². The van der Waals surface area contributed by atoms with Gasteiger partial charge in [-0.3, -0.25) is 4.79 Å². The van der Waals surface area contributed by atoms with E-state index in [9.17, 15) is 18.0 Å². The second kappa shape index (κ2) is 8.11. The van der Waals surface area contributed by atoms with Gasteiger partial charge < -0.3 is 10.1 Å². The minimum atomic E-state index is -3.79. The van der Waals surface area contributed by atoms with Crippen molar-refractivity contribution in [2.75, 3.05) is 11.9 Å². The van der Waals surface area contributed by atoms with Gasteiger partial charge in [-0.25, -0.2) is 18.4 Å². The van der Waals surface area contributed by atoms with Crippen molar-refractivity contribution in [3.8, 4) is 0 Å². The van der Waals surface area contributed by atoms with Crippen molar-refractivity contribution >= 4 is 27.6 Å². The molecule has 0 bridgehead atoms. The first-order chi connectivity index (χ1) is 12.2. The van der Waals surface area contributed by atoms with Crippen LogP contribution in [-0.2, 0) is 19.6 Å². The molecule has 0 aromatic heterocycles. The molecule has 8 heteroatoms. The molecule has 0 radical (unpaired) electrons. The van der Waals surface area contributed by atoms with Gasteiger partial charge in [0.25, 0.3) is 5.91 Å². The number of carbonyl (C=O) groups excluding carboxylic acids is 2. The van der Waals surface area contributed by atoms with Crippen molar-refractivity contribution < 1.29 is 22.7 Å². The Labute approximate surface area is 152 Å². The van der Waals surface area contributed by atoms with E-state index in [1.165, 1.54) is 24.3 Å². The molecule has 7 nitrogen and oxygen atoms in total. The molecular formula is C18H20N2O5S. The summed E-state index contributed by atoms with van der Waals surface area (Å²) in [7, 11) is -3.79. The number of rotatable bonds is 6. The Kier molecular flexibility index (Phi) is 6.12. The number of nitrogens with one attached hydrogen (secondary N) is 1. The minimum absolute atomic E-state index is 0.0632. The van der Waals surface area contributed by atoms with Gasteiger partial charge in [-0.05, 0) is 47.9 Å². The maximum Gasteiger partial charge on any atom is 0.338 e. The van der Waals surface area contributed by atoms with Crippen molar-refractivity contribution in [1.29, 1.82) is 0 Å². The molecule has 0 aliphatic carbocycles. The molecule has 3 N–H and O–H groups in total. The molecule has 0 aliphatic rings. The van der Waals surface area contributed by atoms with E-state index in [1.54, 1.807) is 12.1 Å². The molecule has 0 atom stereocenters. The van der Waals surface area contributed by atoms with E-state index in [0.29, 0.717) is 17.2 Å². The zero-order chi connectivity index (χ0) is 19.3. The summed E-state index contributed by atoms with van der Waals surface area (Å²) >= 11 is 0. The van der Waals surface area contributed by atoms with Gasteiger partial charge in [0.1, 0.15) is 0 Å². The Morgan fingerprint density at radius 1 is 1.04 bits per heavy atom. The number of esters is 1. The third-order valence-corrected chi connectivity index (χ3v) is 4.54. The Morgan fingerprint density at radius 2 is 1.62 bits per heavy atom. The van der Waals surface area contributed by atoms with Gasteiger partial charge in [0.05, 0.1) is 10.5 Å². The number of carbonyl (C=O) groups is 2. The van der Waals surface area contributed by atoms with Crippen LogP contribution in [0.2, 0.25) is 0 Å².